The molecule has 0 bridgehead atoms. The fourth-order valence-electron chi connectivity index (χ4n) is 4.23. The van der Waals surface area contributed by atoms with Gasteiger partial charge < -0.3 is 14.5 Å². The number of rotatable bonds is 9. The van der Waals surface area contributed by atoms with Gasteiger partial charge in [0.2, 0.25) is 11.8 Å². The van der Waals surface area contributed by atoms with Crippen molar-refractivity contribution in [3.63, 3.8) is 0 Å². The number of fused-ring (bicyclic) bond motifs is 1. The molecule has 6 heteroatoms. The van der Waals surface area contributed by atoms with Crippen molar-refractivity contribution in [3.05, 3.63) is 100 Å². The number of amides is 2. The Bertz CT molecular complexity index is 1120. The Labute approximate surface area is 205 Å². The van der Waals surface area contributed by atoms with E-state index in [4.69, 9.17) is 4.74 Å². The normalized spacial score (nSPS) is 14.9. The van der Waals surface area contributed by atoms with Crippen LogP contribution in [0.15, 0.2) is 78.7 Å². The van der Waals surface area contributed by atoms with E-state index in [-0.39, 0.29) is 30.8 Å². The summed E-state index contributed by atoms with van der Waals surface area (Å²) in [6.07, 6.45) is 2.75. The number of nitrogens with zero attached hydrogens (tertiary/aromatic N) is 2. The zero-order valence-corrected chi connectivity index (χ0v) is 20.3. The molecule has 1 aliphatic rings. The minimum atomic E-state index is -0.182. The molecule has 3 aromatic rings. The average Bonchev–Trinajstić information content (AvgIpc) is 3.33. The number of hydrogen-bond acceptors (Lipinski definition) is 4. The molecule has 1 atom stereocenters. The summed E-state index contributed by atoms with van der Waals surface area (Å²) in [5, 5.41) is 2.07. The van der Waals surface area contributed by atoms with Crippen LogP contribution in [0.1, 0.15) is 27.6 Å². The molecular weight excluding hydrogens is 444 g/mol. The highest BCUT2D eigenvalue weighted by atomic mass is 32.1. The van der Waals surface area contributed by atoms with Gasteiger partial charge in [-0.25, -0.2) is 0 Å². The third-order valence-corrected chi connectivity index (χ3v) is 7.07. The van der Waals surface area contributed by atoms with Crippen molar-refractivity contribution in [2.24, 2.45) is 0 Å². The van der Waals surface area contributed by atoms with E-state index in [1.165, 1.54) is 10.4 Å². The van der Waals surface area contributed by atoms with Crippen LogP contribution >= 0.6 is 11.3 Å². The summed E-state index contributed by atoms with van der Waals surface area (Å²) in [5.74, 6) is 0.629. The van der Waals surface area contributed by atoms with Crippen LogP contribution < -0.4 is 4.74 Å². The predicted molar refractivity (Wildman–Crippen MR) is 136 cm³/mol. The van der Waals surface area contributed by atoms with Crippen LogP contribution in [0.2, 0.25) is 0 Å². The molecule has 0 saturated carbocycles. The van der Waals surface area contributed by atoms with Gasteiger partial charge in [0.15, 0.2) is 0 Å². The molecule has 5 nitrogen and oxygen atoms in total. The SMILES string of the molecule is C=CCN(CC(=O)N1CCc2sccc2[C@@H]1COc1ccc(C)cc1)C(=O)Cc1ccccc1. The van der Waals surface area contributed by atoms with Crippen LogP contribution in [0.25, 0.3) is 0 Å². The molecule has 0 N–H and O–H groups in total. The molecule has 2 amide bonds. The third kappa shape index (κ3) is 5.75. The fraction of sp³-hybridized carbons (Fsp3) is 0.286. The molecule has 176 valence electrons. The molecule has 1 aromatic heterocycles. The lowest BCUT2D eigenvalue weighted by atomic mass is 10.0. The molecule has 0 spiro atoms. The minimum absolute atomic E-state index is 0.0260. The molecule has 1 aliphatic heterocycles. The summed E-state index contributed by atoms with van der Waals surface area (Å²) in [6, 6.07) is 19.4. The van der Waals surface area contributed by atoms with Crippen LogP contribution in [0, 0.1) is 6.92 Å². The van der Waals surface area contributed by atoms with E-state index in [0.29, 0.717) is 19.7 Å². The summed E-state index contributed by atoms with van der Waals surface area (Å²) in [4.78, 5) is 31.2. The molecular formula is C28H30N2O3S. The van der Waals surface area contributed by atoms with E-state index in [1.54, 1.807) is 22.3 Å². The summed E-state index contributed by atoms with van der Waals surface area (Å²) >= 11 is 1.72. The highest BCUT2D eigenvalue weighted by Crippen LogP contribution is 2.34. The van der Waals surface area contributed by atoms with Gasteiger partial charge in [0, 0.05) is 18.0 Å². The molecule has 2 aromatic carbocycles. The zero-order chi connectivity index (χ0) is 23.9. The number of benzene rings is 2. The van der Waals surface area contributed by atoms with E-state index in [2.05, 4.69) is 18.0 Å². The number of aryl methyl sites for hydroxylation is 1. The Hall–Kier alpha value is -3.38. The fourth-order valence-corrected chi connectivity index (χ4v) is 5.16. The monoisotopic (exact) mass is 474 g/mol. The summed E-state index contributed by atoms with van der Waals surface area (Å²) in [7, 11) is 0. The lowest BCUT2D eigenvalue weighted by molar-refractivity contribution is -0.142. The van der Waals surface area contributed by atoms with Gasteiger partial charge in [0.05, 0.1) is 12.5 Å². The van der Waals surface area contributed by atoms with E-state index >= 15 is 0 Å². The molecule has 0 saturated heterocycles. The predicted octanol–water partition coefficient (Wildman–Crippen LogP) is 4.82. The van der Waals surface area contributed by atoms with Crippen molar-refractivity contribution in [2.45, 2.75) is 25.8 Å². The number of carbonyl (C=O) groups is 2. The largest absolute Gasteiger partial charge is 0.491 e. The highest BCUT2D eigenvalue weighted by molar-refractivity contribution is 7.10. The first-order valence-electron chi connectivity index (χ1n) is 11.5. The molecule has 0 aliphatic carbocycles. The van der Waals surface area contributed by atoms with Crippen LogP contribution in [0.4, 0.5) is 0 Å². The maximum Gasteiger partial charge on any atom is 0.242 e. The number of carbonyl (C=O) groups excluding carboxylic acids is 2. The summed E-state index contributed by atoms with van der Waals surface area (Å²) in [6.45, 7) is 7.16. The van der Waals surface area contributed by atoms with Crippen molar-refractivity contribution in [2.75, 3.05) is 26.2 Å². The molecule has 34 heavy (non-hydrogen) atoms. The van der Waals surface area contributed by atoms with E-state index in [9.17, 15) is 9.59 Å². The summed E-state index contributed by atoms with van der Waals surface area (Å²) < 4.78 is 6.10. The van der Waals surface area contributed by atoms with Gasteiger partial charge in [-0.05, 0) is 48.1 Å². The lowest BCUT2D eigenvalue weighted by Crippen LogP contribution is -2.48. The van der Waals surface area contributed by atoms with Crippen LogP contribution in [-0.2, 0) is 22.4 Å². The van der Waals surface area contributed by atoms with Gasteiger partial charge in [-0.1, -0.05) is 54.1 Å². The second-order valence-corrected chi connectivity index (χ2v) is 9.50. The van der Waals surface area contributed by atoms with Gasteiger partial charge in [-0.15, -0.1) is 17.9 Å². The van der Waals surface area contributed by atoms with Crippen molar-refractivity contribution < 1.29 is 14.3 Å². The maximum absolute atomic E-state index is 13.5. The standard InChI is InChI=1S/C28H30N2O3S/c1-3-15-29(27(31)18-22-7-5-4-6-8-22)19-28(32)30-16-13-26-24(14-17-34-26)25(30)20-33-23-11-9-21(2)10-12-23/h3-12,14,17,25H,1,13,15-16,18-20H2,2H3/t25-/m0/s1. The van der Waals surface area contributed by atoms with Crippen LogP contribution in [-0.4, -0.2) is 47.9 Å². The molecule has 2 heterocycles. The topological polar surface area (TPSA) is 49.9 Å². The average molecular weight is 475 g/mol. The Morgan fingerprint density at radius 3 is 2.65 bits per heavy atom. The van der Waals surface area contributed by atoms with E-state index in [1.807, 2.05) is 66.4 Å². The van der Waals surface area contributed by atoms with Gasteiger partial charge >= 0.3 is 0 Å². The van der Waals surface area contributed by atoms with Gasteiger partial charge in [0.1, 0.15) is 18.9 Å². The van der Waals surface area contributed by atoms with Crippen molar-refractivity contribution >= 4 is 23.2 Å². The number of hydrogen-bond donors (Lipinski definition) is 0. The first kappa shape index (κ1) is 23.8. The first-order chi connectivity index (χ1) is 16.5. The van der Waals surface area contributed by atoms with Crippen LogP contribution in [0.3, 0.4) is 0 Å². The van der Waals surface area contributed by atoms with Crippen molar-refractivity contribution in [1.82, 2.24) is 9.80 Å². The summed E-state index contributed by atoms with van der Waals surface area (Å²) in [5.41, 5.74) is 3.24. The quantitative estimate of drug-likeness (QED) is 0.418. The smallest absolute Gasteiger partial charge is 0.242 e. The second kappa shape index (κ2) is 11.2. The highest BCUT2D eigenvalue weighted by Gasteiger charge is 2.33. The molecule has 4 rings (SSSR count). The molecule has 0 unspecified atom stereocenters. The Kier molecular flexibility index (Phi) is 7.80. The number of ether oxygens (including phenoxy) is 1. The molecule has 0 radical (unpaired) electrons. The van der Waals surface area contributed by atoms with Gasteiger partial charge in [0.25, 0.3) is 0 Å². The minimum Gasteiger partial charge on any atom is -0.491 e. The van der Waals surface area contributed by atoms with Crippen LogP contribution in [0.5, 0.6) is 5.75 Å². The Balaban J connectivity index is 1.47. The zero-order valence-electron chi connectivity index (χ0n) is 19.5. The van der Waals surface area contributed by atoms with Gasteiger partial charge in [-0.3, -0.25) is 9.59 Å². The number of thiophene rings is 1. The molecule has 0 fully saturated rings. The van der Waals surface area contributed by atoms with Gasteiger partial charge in [-0.2, -0.15) is 0 Å². The Morgan fingerprint density at radius 1 is 1.15 bits per heavy atom. The first-order valence-corrected chi connectivity index (χ1v) is 12.4. The van der Waals surface area contributed by atoms with E-state index in [0.717, 1.165) is 23.3 Å². The third-order valence-electron chi connectivity index (χ3n) is 6.07. The van der Waals surface area contributed by atoms with Crippen molar-refractivity contribution in [1.29, 1.82) is 0 Å². The maximum atomic E-state index is 13.5. The lowest BCUT2D eigenvalue weighted by Gasteiger charge is -2.37. The van der Waals surface area contributed by atoms with Crippen molar-refractivity contribution in [3.8, 4) is 5.75 Å². The van der Waals surface area contributed by atoms with E-state index < -0.39 is 0 Å². The Morgan fingerprint density at radius 2 is 1.91 bits per heavy atom. The second-order valence-electron chi connectivity index (χ2n) is 8.50.